The van der Waals surface area contributed by atoms with E-state index in [1.54, 1.807) is 4.90 Å². The third-order valence-electron chi connectivity index (χ3n) is 4.40. The van der Waals surface area contributed by atoms with Crippen molar-refractivity contribution in [1.82, 2.24) is 10.2 Å². The van der Waals surface area contributed by atoms with E-state index in [1.807, 2.05) is 6.92 Å². The minimum atomic E-state index is -0.952. The van der Waals surface area contributed by atoms with E-state index in [0.29, 0.717) is 6.42 Å². The van der Waals surface area contributed by atoms with E-state index in [1.165, 1.54) is 0 Å². The average molecular weight is 270 g/mol. The SMILES string of the molecule is CCC[C@H](NC(=O)N1CCC(CC)(CC)C1)C(=O)O. The summed E-state index contributed by atoms with van der Waals surface area (Å²) < 4.78 is 0. The van der Waals surface area contributed by atoms with Crippen LogP contribution in [0.1, 0.15) is 52.9 Å². The lowest BCUT2D eigenvalue weighted by molar-refractivity contribution is -0.139. The van der Waals surface area contributed by atoms with Crippen molar-refractivity contribution in [3.05, 3.63) is 0 Å². The summed E-state index contributed by atoms with van der Waals surface area (Å²) in [5, 5.41) is 11.7. The summed E-state index contributed by atoms with van der Waals surface area (Å²) in [5.41, 5.74) is 0.223. The molecule has 1 fully saturated rings. The Kier molecular flexibility index (Phi) is 5.63. The first-order valence-electron chi connectivity index (χ1n) is 7.26. The molecule has 1 aliphatic heterocycles. The fourth-order valence-electron chi connectivity index (χ4n) is 2.72. The summed E-state index contributed by atoms with van der Waals surface area (Å²) in [4.78, 5) is 24.9. The zero-order valence-corrected chi connectivity index (χ0v) is 12.2. The van der Waals surface area contributed by atoms with Crippen LogP contribution in [0.3, 0.4) is 0 Å². The van der Waals surface area contributed by atoms with E-state index in [2.05, 4.69) is 19.2 Å². The zero-order valence-electron chi connectivity index (χ0n) is 12.2. The molecule has 0 aromatic rings. The molecular weight excluding hydrogens is 244 g/mol. The van der Waals surface area contributed by atoms with Gasteiger partial charge < -0.3 is 15.3 Å². The highest BCUT2D eigenvalue weighted by Crippen LogP contribution is 2.36. The van der Waals surface area contributed by atoms with Gasteiger partial charge in [0.1, 0.15) is 6.04 Å². The number of nitrogens with zero attached hydrogens (tertiary/aromatic N) is 1. The van der Waals surface area contributed by atoms with Crippen molar-refractivity contribution in [2.75, 3.05) is 13.1 Å². The van der Waals surface area contributed by atoms with Gasteiger partial charge in [0.15, 0.2) is 0 Å². The number of carboxylic acids is 1. The maximum absolute atomic E-state index is 12.1. The molecule has 1 rings (SSSR count). The van der Waals surface area contributed by atoms with Crippen molar-refractivity contribution in [2.45, 2.75) is 58.9 Å². The van der Waals surface area contributed by atoms with Crippen LogP contribution in [0.15, 0.2) is 0 Å². The molecule has 0 unspecified atom stereocenters. The number of rotatable bonds is 6. The lowest BCUT2D eigenvalue weighted by Crippen LogP contribution is -2.47. The van der Waals surface area contributed by atoms with Crippen LogP contribution in [-0.4, -0.2) is 41.1 Å². The fraction of sp³-hybridized carbons (Fsp3) is 0.857. The highest BCUT2D eigenvalue weighted by molar-refractivity contribution is 5.82. The number of carbonyl (C=O) groups is 2. The Morgan fingerprint density at radius 2 is 1.95 bits per heavy atom. The van der Waals surface area contributed by atoms with Crippen LogP contribution < -0.4 is 5.32 Å². The molecule has 0 spiro atoms. The van der Waals surface area contributed by atoms with Gasteiger partial charge in [-0.05, 0) is 31.1 Å². The molecular formula is C14H26N2O3. The van der Waals surface area contributed by atoms with Gasteiger partial charge in [-0.3, -0.25) is 0 Å². The van der Waals surface area contributed by atoms with Crippen molar-refractivity contribution in [3.63, 3.8) is 0 Å². The Hall–Kier alpha value is -1.26. The number of carbonyl (C=O) groups excluding carboxylic acids is 1. The second-order valence-corrected chi connectivity index (χ2v) is 5.51. The van der Waals surface area contributed by atoms with Gasteiger partial charge in [0.25, 0.3) is 0 Å². The number of nitrogens with one attached hydrogen (secondary N) is 1. The standard InChI is InChI=1S/C14H26N2O3/c1-4-7-11(12(17)18)15-13(19)16-9-8-14(5-2,6-3)10-16/h11H,4-10H2,1-3H3,(H,15,19)(H,17,18)/t11-/m0/s1. The summed E-state index contributed by atoms with van der Waals surface area (Å²) in [6.45, 7) is 7.69. The van der Waals surface area contributed by atoms with Crippen LogP contribution >= 0.6 is 0 Å². The number of hydrogen-bond donors (Lipinski definition) is 2. The van der Waals surface area contributed by atoms with Crippen LogP contribution in [0.25, 0.3) is 0 Å². The lowest BCUT2D eigenvalue weighted by atomic mass is 9.82. The van der Waals surface area contributed by atoms with Gasteiger partial charge in [-0.25, -0.2) is 9.59 Å². The first kappa shape index (κ1) is 15.8. The minimum Gasteiger partial charge on any atom is -0.480 e. The first-order valence-corrected chi connectivity index (χ1v) is 7.26. The van der Waals surface area contributed by atoms with Crippen molar-refractivity contribution < 1.29 is 14.7 Å². The van der Waals surface area contributed by atoms with E-state index >= 15 is 0 Å². The molecule has 0 saturated carbocycles. The van der Waals surface area contributed by atoms with Gasteiger partial charge in [0.2, 0.25) is 0 Å². The lowest BCUT2D eigenvalue weighted by Gasteiger charge is -2.27. The van der Waals surface area contributed by atoms with E-state index in [-0.39, 0.29) is 11.4 Å². The number of urea groups is 1. The molecule has 2 amide bonds. The Morgan fingerprint density at radius 1 is 1.32 bits per heavy atom. The molecule has 5 heteroatoms. The number of carboxylic acid groups (broad SMARTS) is 1. The van der Waals surface area contributed by atoms with E-state index in [4.69, 9.17) is 5.11 Å². The normalized spacial score (nSPS) is 19.2. The Balaban J connectivity index is 2.57. The van der Waals surface area contributed by atoms with Gasteiger partial charge in [0.05, 0.1) is 0 Å². The van der Waals surface area contributed by atoms with E-state index in [9.17, 15) is 9.59 Å². The van der Waals surface area contributed by atoms with Gasteiger partial charge >= 0.3 is 12.0 Å². The zero-order chi connectivity index (χ0) is 14.5. The third-order valence-corrected chi connectivity index (χ3v) is 4.40. The molecule has 1 saturated heterocycles. The number of likely N-dealkylation sites (tertiary alicyclic amines) is 1. The van der Waals surface area contributed by atoms with Crippen LogP contribution in [0.4, 0.5) is 4.79 Å². The molecule has 19 heavy (non-hydrogen) atoms. The molecule has 5 nitrogen and oxygen atoms in total. The molecule has 1 atom stereocenters. The second kappa shape index (κ2) is 6.78. The molecule has 1 heterocycles. The van der Waals surface area contributed by atoms with Crippen LogP contribution in [-0.2, 0) is 4.79 Å². The Bertz CT molecular complexity index is 327. The summed E-state index contributed by atoms with van der Waals surface area (Å²) in [6, 6.07) is -1.000. The molecule has 1 aliphatic rings. The third kappa shape index (κ3) is 3.85. The highest BCUT2D eigenvalue weighted by atomic mass is 16.4. The van der Waals surface area contributed by atoms with Crippen LogP contribution in [0.5, 0.6) is 0 Å². The molecule has 0 radical (unpaired) electrons. The summed E-state index contributed by atoms with van der Waals surface area (Å²) in [5.74, 6) is -0.952. The maximum atomic E-state index is 12.1. The van der Waals surface area contributed by atoms with Gasteiger partial charge in [0, 0.05) is 13.1 Å². The Labute approximate surface area is 115 Å². The highest BCUT2D eigenvalue weighted by Gasteiger charge is 2.37. The summed E-state index contributed by atoms with van der Waals surface area (Å²) in [6.07, 6.45) is 4.35. The monoisotopic (exact) mass is 270 g/mol. The largest absolute Gasteiger partial charge is 0.480 e. The van der Waals surface area contributed by atoms with Crippen LogP contribution in [0, 0.1) is 5.41 Å². The molecule has 0 aliphatic carbocycles. The molecule has 2 N–H and O–H groups in total. The van der Waals surface area contributed by atoms with E-state index < -0.39 is 12.0 Å². The van der Waals surface area contributed by atoms with Crippen molar-refractivity contribution >= 4 is 12.0 Å². The predicted octanol–water partition coefficient (Wildman–Crippen LogP) is 2.46. The predicted molar refractivity (Wildman–Crippen MR) is 74.1 cm³/mol. The average Bonchev–Trinajstić information content (AvgIpc) is 2.83. The number of hydrogen-bond acceptors (Lipinski definition) is 2. The van der Waals surface area contributed by atoms with Crippen molar-refractivity contribution in [2.24, 2.45) is 5.41 Å². The smallest absolute Gasteiger partial charge is 0.326 e. The van der Waals surface area contributed by atoms with Crippen molar-refractivity contribution in [1.29, 1.82) is 0 Å². The van der Waals surface area contributed by atoms with E-state index in [0.717, 1.165) is 38.8 Å². The first-order chi connectivity index (χ1) is 8.98. The van der Waals surface area contributed by atoms with Gasteiger partial charge in [-0.15, -0.1) is 0 Å². The molecule has 0 aromatic carbocycles. The van der Waals surface area contributed by atoms with Gasteiger partial charge in [-0.2, -0.15) is 0 Å². The summed E-state index contributed by atoms with van der Waals surface area (Å²) in [7, 11) is 0. The fourth-order valence-corrected chi connectivity index (χ4v) is 2.72. The Morgan fingerprint density at radius 3 is 2.37 bits per heavy atom. The molecule has 0 aromatic heterocycles. The second-order valence-electron chi connectivity index (χ2n) is 5.51. The molecule has 110 valence electrons. The topological polar surface area (TPSA) is 69.6 Å². The minimum absolute atomic E-state index is 0.223. The molecule has 0 bridgehead atoms. The number of aliphatic carboxylic acids is 1. The number of amides is 2. The maximum Gasteiger partial charge on any atom is 0.326 e. The van der Waals surface area contributed by atoms with Crippen molar-refractivity contribution in [3.8, 4) is 0 Å². The van der Waals surface area contributed by atoms with Crippen LogP contribution in [0.2, 0.25) is 0 Å². The summed E-state index contributed by atoms with van der Waals surface area (Å²) >= 11 is 0. The van der Waals surface area contributed by atoms with Gasteiger partial charge in [-0.1, -0.05) is 27.2 Å². The quantitative estimate of drug-likeness (QED) is 0.779.